The van der Waals surface area contributed by atoms with E-state index in [1.54, 1.807) is 13.8 Å². The number of aromatic nitrogens is 2. The smallest absolute Gasteiger partial charge is 0.312 e. The van der Waals surface area contributed by atoms with E-state index < -0.39 is 4.92 Å². The topological polar surface area (TPSA) is 90.1 Å². The molecule has 1 amide bonds. The van der Waals surface area contributed by atoms with Crippen LogP contribution in [0.4, 0.5) is 5.69 Å². The fourth-order valence-corrected chi connectivity index (χ4v) is 3.08. The van der Waals surface area contributed by atoms with Crippen molar-refractivity contribution in [2.45, 2.75) is 59.0 Å². The molecule has 0 aromatic carbocycles. The SMILES string of the molecule is Cc1nn(CC(=O)NC2CCCC(C)C2)c(C)c1[N+](=O)[O-]. The zero-order chi connectivity index (χ0) is 15.6. The fraction of sp³-hybridized carbons (Fsp3) is 0.714. The second kappa shape index (κ2) is 6.24. The first-order valence-corrected chi connectivity index (χ1v) is 7.36. The van der Waals surface area contributed by atoms with Gasteiger partial charge in [-0.1, -0.05) is 19.8 Å². The summed E-state index contributed by atoms with van der Waals surface area (Å²) >= 11 is 0. The van der Waals surface area contributed by atoms with Gasteiger partial charge in [0.15, 0.2) is 0 Å². The maximum atomic E-state index is 12.1. The zero-order valence-corrected chi connectivity index (χ0v) is 12.8. The Morgan fingerprint density at radius 3 is 2.76 bits per heavy atom. The van der Waals surface area contributed by atoms with E-state index in [4.69, 9.17) is 0 Å². The van der Waals surface area contributed by atoms with Crippen molar-refractivity contribution in [3.8, 4) is 0 Å². The van der Waals surface area contributed by atoms with E-state index >= 15 is 0 Å². The van der Waals surface area contributed by atoms with Crippen molar-refractivity contribution >= 4 is 11.6 Å². The van der Waals surface area contributed by atoms with Gasteiger partial charge in [0, 0.05) is 6.04 Å². The summed E-state index contributed by atoms with van der Waals surface area (Å²) in [6, 6.07) is 0.216. The monoisotopic (exact) mass is 294 g/mol. The predicted molar refractivity (Wildman–Crippen MR) is 77.9 cm³/mol. The molecule has 0 spiro atoms. The second-order valence-corrected chi connectivity index (χ2v) is 5.97. The quantitative estimate of drug-likeness (QED) is 0.680. The van der Waals surface area contributed by atoms with Gasteiger partial charge in [0.1, 0.15) is 17.9 Å². The molecule has 7 heteroatoms. The summed E-state index contributed by atoms with van der Waals surface area (Å²) < 4.78 is 1.41. The number of amides is 1. The van der Waals surface area contributed by atoms with Crippen molar-refractivity contribution in [3.63, 3.8) is 0 Å². The summed E-state index contributed by atoms with van der Waals surface area (Å²) in [5.74, 6) is 0.508. The Balaban J connectivity index is 2.00. The lowest BCUT2D eigenvalue weighted by Crippen LogP contribution is -2.39. The first kappa shape index (κ1) is 15.5. The zero-order valence-electron chi connectivity index (χ0n) is 12.8. The van der Waals surface area contributed by atoms with E-state index in [-0.39, 0.29) is 24.2 Å². The van der Waals surface area contributed by atoms with Crippen LogP contribution >= 0.6 is 0 Å². The van der Waals surface area contributed by atoms with Gasteiger partial charge < -0.3 is 5.32 Å². The molecule has 1 saturated carbocycles. The number of hydrogen-bond donors (Lipinski definition) is 1. The van der Waals surface area contributed by atoms with Gasteiger partial charge in [-0.2, -0.15) is 5.10 Å². The largest absolute Gasteiger partial charge is 0.352 e. The van der Waals surface area contributed by atoms with Crippen LogP contribution in [0.15, 0.2) is 0 Å². The van der Waals surface area contributed by atoms with Gasteiger partial charge in [0.2, 0.25) is 5.91 Å². The Hall–Kier alpha value is -1.92. The lowest BCUT2D eigenvalue weighted by atomic mass is 9.87. The van der Waals surface area contributed by atoms with Gasteiger partial charge in [-0.05, 0) is 32.6 Å². The summed E-state index contributed by atoms with van der Waals surface area (Å²) in [5.41, 5.74) is 0.760. The maximum Gasteiger partial charge on any atom is 0.312 e. The molecule has 0 saturated heterocycles. The molecule has 1 aromatic rings. The highest BCUT2D eigenvalue weighted by molar-refractivity contribution is 5.76. The number of rotatable bonds is 4. The number of aryl methyl sites for hydroxylation is 1. The Morgan fingerprint density at radius 1 is 1.48 bits per heavy atom. The van der Waals surface area contributed by atoms with Crippen molar-refractivity contribution in [1.82, 2.24) is 15.1 Å². The van der Waals surface area contributed by atoms with Gasteiger partial charge in [0.05, 0.1) is 4.92 Å². The average molecular weight is 294 g/mol. The minimum Gasteiger partial charge on any atom is -0.352 e. The molecule has 1 heterocycles. The molecule has 1 fully saturated rings. The lowest BCUT2D eigenvalue weighted by molar-refractivity contribution is -0.386. The van der Waals surface area contributed by atoms with Crippen molar-refractivity contribution in [1.29, 1.82) is 0 Å². The van der Waals surface area contributed by atoms with Crippen molar-refractivity contribution < 1.29 is 9.72 Å². The van der Waals surface area contributed by atoms with E-state index in [0.717, 1.165) is 19.3 Å². The molecular formula is C14H22N4O3. The average Bonchev–Trinajstić information content (AvgIpc) is 2.64. The molecule has 116 valence electrons. The molecular weight excluding hydrogens is 272 g/mol. The number of carbonyl (C=O) groups is 1. The van der Waals surface area contributed by atoms with E-state index in [2.05, 4.69) is 17.3 Å². The highest BCUT2D eigenvalue weighted by atomic mass is 16.6. The van der Waals surface area contributed by atoms with Crippen LogP contribution in [0.2, 0.25) is 0 Å². The Kier molecular flexibility index (Phi) is 4.59. The Bertz CT molecular complexity index is 553. The molecule has 2 atom stereocenters. The number of carbonyl (C=O) groups excluding carboxylic acids is 1. The maximum absolute atomic E-state index is 12.1. The molecule has 2 rings (SSSR count). The molecule has 21 heavy (non-hydrogen) atoms. The second-order valence-electron chi connectivity index (χ2n) is 5.97. The number of hydrogen-bond acceptors (Lipinski definition) is 4. The first-order valence-electron chi connectivity index (χ1n) is 7.36. The molecule has 7 nitrogen and oxygen atoms in total. The molecule has 1 aliphatic rings. The third-order valence-electron chi connectivity index (χ3n) is 4.12. The number of nitro groups is 1. The predicted octanol–water partition coefficient (Wildman–Crippen LogP) is 2.10. The molecule has 1 aliphatic carbocycles. The van der Waals surface area contributed by atoms with Crippen LogP contribution < -0.4 is 5.32 Å². The van der Waals surface area contributed by atoms with Crippen LogP contribution in [0.25, 0.3) is 0 Å². The highest BCUT2D eigenvalue weighted by Crippen LogP contribution is 2.24. The van der Waals surface area contributed by atoms with Gasteiger partial charge in [-0.15, -0.1) is 0 Å². The lowest BCUT2D eigenvalue weighted by Gasteiger charge is -2.27. The highest BCUT2D eigenvalue weighted by Gasteiger charge is 2.24. The molecule has 2 unspecified atom stereocenters. The van der Waals surface area contributed by atoms with E-state index in [1.807, 2.05) is 0 Å². The number of nitrogens with one attached hydrogen (secondary N) is 1. The molecule has 1 N–H and O–H groups in total. The third-order valence-corrected chi connectivity index (χ3v) is 4.12. The van der Waals surface area contributed by atoms with Crippen molar-refractivity contribution in [2.75, 3.05) is 0 Å². The minimum atomic E-state index is -0.450. The third kappa shape index (κ3) is 3.59. The van der Waals surface area contributed by atoms with Crippen LogP contribution in [0.1, 0.15) is 44.0 Å². The summed E-state index contributed by atoms with van der Waals surface area (Å²) in [6.07, 6.45) is 4.36. The van der Waals surface area contributed by atoms with Crippen LogP contribution in [-0.2, 0) is 11.3 Å². The summed E-state index contributed by atoms with van der Waals surface area (Å²) in [7, 11) is 0. The first-order chi connectivity index (χ1) is 9.88. The van der Waals surface area contributed by atoms with Crippen molar-refractivity contribution in [3.05, 3.63) is 21.5 Å². The van der Waals surface area contributed by atoms with Crippen LogP contribution in [0, 0.1) is 29.9 Å². The van der Waals surface area contributed by atoms with Gasteiger partial charge >= 0.3 is 5.69 Å². The van der Waals surface area contributed by atoms with Crippen LogP contribution in [-0.4, -0.2) is 26.7 Å². The summed E-state index contributed by atoms with van der Waals surface area (Å²) in [4.78, 5) is 22.6. The molecule has 0 bridgehead atoms. The number of nitrogens with zero attached hydrogens (tertiary/aromatic N) is 3. The van der Waals surface area contributed by atoms with E-state index in [1.165, 1.54) is 11.1 Å². The molecule has 1 aromatic heterocycles. The van der Waals surface area contributed by atoms with Gasteiger partial charge in [-0.25, -0.2) is 0 Å². The molecule has 0 radical (unpaired) electrons. The minimum absolute atomic E-state index is 0.00547. The fourth-order valence-electron chi connectivity index (χ4n) is 3.08. The van der Waals surface area contributed by atoms with Crippen molar-refractivity contribution in [2.24, 2.45) is 5.92 Å². The standard InChI is InChI=1S/C14H22N4O3/c1-9-5-4-6-12(7-9)15-13(19)8-17-11(3)14(18(20)21)10(2)16-17/h9,12H,4-8H2,1-3H3,(H,15,19). The van der Waals surface area contributed by atoms with Gasteiger partial charge in [-0.3, -0.25) is 19.6 Å². The Morgan fingerprint density at radius 2 is 2.19 bits per heavy atom. The normalized spacial score (nSPS) is 22.0. The van der Waals surface area contributed by atoms with E-state index in [0.29, 0.717) is 17.3 Å². The van der Waals surface area contributed by atoms with Crippen LogP contribution in [0.5, 0.6) is 0 Å². The van der Waals surface area contributed by atoms with Crippen LogP contribution in [0.3, 0.4) is 0 Å². The Labute approximate surface area is 123 Å². The molecule has 0 aliphatic heterocycles. The van der Waals surface area contributed by atoms with Gasteiger partial charge in [0.25, 0.3) is 0 Å². The summed E-state index contributed by atoms with van der Waals surface area (Å²) in [5, 5.41) is 18.1. The summed E-state index contributed by atoms with van der Waals surface area (Å²) in [6.45, 7) is 5.44. The van der Waals surface area contributed by atoms with E-state index in [9.17, 15) is 14.9 Å².